The maximum absolute atomic E-state index is 13.0. The van der Waals surface area contributed by atoms with Crippen LogP contribution in [0, 0.1) is 5.92 Å². The summed E-state index contributed by atoms with van der Waals surface area (Å²) in [6.45, 7) is 5.02. The molecule has 0 atom stereocenters. The summed E-state index contributed by atoms with van der Waals surface area (Å²) in [5, 5.41) is 11.3. The van der Waals surface area contributed by atoms with Crippen LogP contribution in [0.5, 0.6) is 11.8 Å². The highest BCUT2D eigenvalue weighted by Crippen LogP contribution is 2.34. The van der Waals surface area contributed by atoms with E-state index >= 15 is 0 Å². The zero-order chi connectivity index (χ0) is 32.3. The summed E-state index contributed by atoms with van der Waals surface area (Å²) in [6, 6.07) is 15.6. The van der Waals surface area contributed by atoms with Crippen molar-refractivity contribution < 1.29 is 14.3 Å². The first-order valence-corrected chi connectivity index (χ1v) is 16.9. The van der Waals surface area contributed by atoms with Crippen LogP contribution < -0.4 is 20.3 Å². The standard InChI is InChI=1S/C35H36N8O3S/c1-22(2)16-26-18-31(43(41-26)28-12-9-23-6-5-7-25(23)17-28)40-33(45)39-27-19-36-34(37-20-27)46-29-13-10-24(11-14-29)30-21-38-35(47-30)42-15-4-3-8-32(42)44/h9-14,17-22H,3-8,15-16H2,1-2H3,(H2,39,40,45). The van der Waals surface area contributed by atoms with Gasteiger partial charge in [0.1, 0.15) is 11.6 Å². The van der Waals surface area contributed by atoms with Crippen LogP contribution in [0.2, 0.25) is 0 Å². The van der Waals surface area contributed by atoms with E-state index in [0.29, 0.717) is 29.6 Å². The molecule has 1 aliphatic carbocycles. The number of hydrogen-bond acceptors (Lipinski definition) is 8. The van der Waals surface area contributed by atoms with Gasteiger partial charge in [0.15, 0.2) is 5.13 Å². The van der Waals surface area contributed by atoms with Crippen LogP contribution in [0.15, 0.2) is 67.1 Å². The van der Waals surface area contributed by atoms with Crippen LogP contribution in [0.4, 0.5) is 21.4 Å². The molecule has 0 spiro atoms. The number of carbonyl (C=O) groups excluding carboxylic acids is 2. The number of aromatic nitrogens is 5. The lowest BCUT2D eigenvalue weighted by Crippen LogP contribution is -2.34. The molecular weight excluding hydrogens is 613 g/mol. The van der Waals surface area contributed by atoms with E-state index in [4.69, 9.17) is 9.84 Å². The lowest BCUT2D eigenvalue weighted by molar-refractivity contribution is -0.119. The van der Waals surface area contributed by atoms with Gasteiger partial charge in [-0.25, -0.2) is 24.4 Å². The highest BCUT2D eigenvalue weighted by molar-refractivity contribution is 7.19. The van der Waals surface area contributed by atoms with E-state index in [1.807, 2.05) is 30.3 Å². The Labute approximate surface area is 277 Å². The fourth-order valence-corrected chi connectivity index (χ4v) is 6.92. The molecular formula is C35H36N8O3S. The number of ether oxygens (including phenoxy) is 1. The normalized spacial score (nSPS) is 14.4. The summed E-state index contributed by atoms with van der Waals surface area (Å²) in [5.74, 6) is 1.73. The quantitative estimate of drug-likeness (QED) is 0.170. The van der Waals surface area contributed by atoms with E-state index < -0.39 is 6.03 Å². The molecule has 0 unspecified atom stereocenters. The molecule has 3 amide bonds. The molecule has 240 valence electrons. The SMILES string of the molecule is CC(C)Cc1cc(NC(=O)Nc2cnc(Oc3ccc(-c4cnc(N5CCCCC5=O)s4)cc3)nc2)n(-c2ccc3c(c2)CCC3)n1. The van der Waals surface area contributed by atoms with Gasteiger partial charge in [0, 0.05) is 25.2 Å². The van der Waals surface area contributed by atoms with E-state index in [9.17, 15) is 9.59 Å². The number of thiazole rings is 1. The van der Waals surface area contributed by atoms with Crippen molar-refractivity contribution >= 4 is 39.9 Å². The molecule has 1 saturated heterocycles. The molecule has 0 saturated carbocycles. The third-order valence-electron chi connectivity index (χ3n) is 8.23. The Hall–Kier alpha value is -5.10. The maximum Gasteiger partial charge on any atom is 0.324 e. The van der Waals surface area contributed by atoms with Gasteiger partial charge in [-0.1, -0.05) is 31.3 Å². The molecule has 1 fully saturated rings. The first kappa shape index (κ1) is 30.5. The van der Waals surface area contributed by atoms with Crippen molar-refractivity contribution in [3.05, 3.63) is 83.9 Å². The minimum atomic E-state index is -0.424. The van der Waals surface area contributed by atoms with Crippen LogP contribution >= 0.6 is 11.3 Å². The number of fused-ring (bicyclic) bond motifs is 1. The lowest BCUT2D eigenvalue weighted by atomic mass is 10.1. The number of amides is 3. The van der Waals surface area contributed by atoms with Gasteiger partial charge in [-0.05, 0) is 97.5 Å². The summed E-state index contributed by atoms with van der Waals surface area (Å²) in [7, 11) is 0. The molecule has 4 heterocycles. The molecule has 2 aliphatic rings. The number of rotatable bonds is 9. The van der Waals surface area contributed by atoms with Crippen molar-refractivity contribution in [1.82, 2.24) is 24.7 Å². The molecule has 3 aromatic heterocycles. The Morgan fingerprint density at radius 3 is 2.51 bits per heavy atom. The number of nitrogens with zero attached hydrogens (tertiary/aromatic N) is 6. The van der Waals surface area contributed by atoms with Crippen LogP contribution in [0.25, 0.3) is 16.1 Å². The Kier molecular flexibility index (Phi) is 8.66. The van der Waals surface area contributed by atoms with Gasteiger partial charge in [0.05, 0.1) is 34.3 Å². The zero-order valence-electron chi connectivity index (χ0n) is 26.4. The second-order valence-corrected chi connectivity index (χ2v) is 13.3. The van der Waals surface area contributed by atoms with Gasteiger partial charge in [-0.2, -0.15) is 5.10 Å². The van der Waals surface area contributed by atoms with E-state index in [1.54, 1.807) is 15.8 Å². The first-order valence-electron chi connectivity index (χ1n) is 16.0. The molecule has 11 nitrogen and oxygen atoms in total. The molecule has 12 heteroatoms. The number of anilines is 3. The summed E-state index contributed by atoms with van der Waals surface area (Å²) >= 11 is 1.50. The van der Waals surface area contributed by atoms with Gasteiger partial charge in [0.2, 0.25) is 5.91 Å². The van der Waals surface area contributed by atoms with Crippen LogP contribution in [0.3, 0.4) is 0 Å². The predicted molar refractivity (Wildman–Crippen MR) is 183 cm³/mol. The number of carbonyl (C=O) groups is 2. The Bertz CT molecular complexity index is 1900. The van der Waals surface area contributed by atoms with Crippen molar-refractivity contribution in [2.75, 3.05) is 22.1 Å². The number of nitrogens with one attached hydrogen (secondary N) is 2. The second kappa shape index (κ2) is 13.3. The second-order valence-electron chi connectivity index (χ2n) is 12.3. The van der Waals surface area contributed by atoms with Gasteiger partial charge >= 0.3 is 12.0 Å². The smallest absolute Gasteiger partial charge is 0.324 e. The fourth-order valence-electron chi connectivity index (χ4n) is 5.96. The Balaban J connectivity index is 0.977. The van der Waals surface area contributed by atoms with E-state index in [-0.39, 0.29) is 11.9 Å². The van der Waals surface area contributed by atoms with Crippen molar-refractivity contribution in [2.24, 2.45) is 5.92 Å². The highest BCUT2D eigenvalue weighted by atomic mass is 32.1. The molecule has 0 bridgehead atoms. The average molecular weight is 649 g/mol. The number of benzene rings is 2. The van der Waals surface area contributed by atoms with Crippen LogP contribution in [-0.2, 0) is 24.1 Å². The minimum absolute atomic E-state index is 0.135. The molecule has 1 aliphatic heterocycles. The molecule has 0 radical (unpaired) electrons. The van der Waals surface area contributed by atoms with Crippen molar-refractivity contribution in [3.8, 4) is 27.9 Å². The van der Waals surface area contributed by atoms with Crippen LogP contribution in [0.1, 0.15) is 56.4 Å². The number of hydrogen-bond donors (Lipinski definition) is 2. The van der Waals surface area contributed by atoms with E-state index in [0.717, 1.165) is 65.6 Å². The summed E-state index contributed by atoms with van der Waals surface area (Å²) in [4.78, 5) is 41.1. The van der Waals surface area contributed by atoms with E-state index in [2.05, 4.69) is 57.6 Å². The third-order valence-corrected chi connectivity index (χ3v) is 9.30. The monoisotopic (exact) mass is 648 g/mol. The number of piperidine rings is 1. The largest absolute Gasteiger partial charge is 0.424 e. The third kappa shape index (κ3) is 7.02. The Morgan fingerprint density at radius 1 is 0.915 bits per heavy atom. The van der Waals surface area contributed by atoms with E-state index in [1.165, 1.54) is 41.3 Å². The topological polar surface area (TPSA) is 127 Å². The lowest BCUT2D eigenvalue weighted by Gasteiger charge is -2.23. The molecule has 5 aromatic rings. The first-order chi connectivity index (χ1) is 22.9. The zero-order valence-corrected chi connectivity index (χ0v) is 27.2. The van der Waals surface area contributed by atoms with Crippen LogP contribution in [-0.4, -0.2) is 43.2 Å². The number of urea groups is 1. The molecule has 2 N–H and O–H groups in total. The summed E-state index contributed by atoms with van der Waals surface area (Å²) in [5.41, 5.74) is 5.97. The van der Waals surface area contributed by atoms with Crippen molar-refractivity contribution in [1.29, 1.82) is 0 Å². The minimum Gasteiger partial charge on any atom is -0.424 e. The molecule has 47 heavy (non-hydrogen) atoms. The van der Waals surface area contributed by atoms with Gasteiger partial charge in [-0.15, -0.1) is 0 Å². The molecule has 2 aromatic carbocycles. The number of aryl methyl sites for hydroxylation is 2. The van der Waals surface area contributed by atoms with Gasteiger partial charge in [0.25, 0.3) is 0 Å². The Morgan fingerprint density at radius 2 is 1.72 bits per heavy atom. The predicted octanol–water partition coefficient (Wildman–Crippen LogP) is 7.43. The molecule has 7 rings (SSSR count). The van der Waals surface area contributed by atoms with Crippen molar-refractivity contribution in [2.45, 2.75) is 58.8 Å². The summed E-state index contributed by atoms with van der Waals surface area (Å²) in [6.07, 6.45) is 11.5. The summed E-state index contributed by atoms with van der Waals surface area (Å²) < 4.78 is 7.65. The van der Waals surface area contributed by atoms with Crippen molar-refractivity contribution in [3.63, 3.8) is 0 Å². The average Bonchev–Trinajstić information content (AvgIpc) is 3.82. The van der Waals surface area contributed by atoms with Gasteiger partial charge in [-0.3, -0.25) is 15.0 Å². The fraction of sp³-hybridized carbons (Fsp3) is 0.314. The maximum atomic E-state index is 13.0. The van der Waals surface area contributed by atoms with Gasteiger partial charge < -0.3 is 10.1 Å². The highest BCUT2D eigenvalue weighted by Gasteiger charge is 2.22.